The molecule has 1 atom stereocenters. The standard InChI is InChI=1S/C11H14N4O/c1-2-8(12)11(16)14-9-5-3-4-7-6-13-15-10(7)9/h3-6,8H,2,12H2,1H3,(H,13,15)(H,14,16)/t8-/m1/s1. The highest BCUT2D eigenvalue weighted by molar-refractivity contribution is 6.01. The largest absolute Gasteiger partial charge is 0.323 e. The zero-order chi connectivity index (χ0) is 11.5. The van der Waals surface area contributed by atoms with Gasteiger partial charge in [-0.15, -0.1) is 0 Å². The van der Waals surface area contributed by atoms with Crippen LogP contribution in [-0.4, -0.2) is 22.1 Å². The Morgan fingerprint density at radius 3 is 3.19 bits per heavy atom. The van der Waals surface area contributed by atoms with E-state index in [0.29, 0.717) is 12.1 Å². The van der Waals surface area contributed by atoms with Crippen LogP contribution in [0.4, 0.5) is 5.69 Å². The molecule has 5 heteroatoms. The SMILES string of the molecule is CC[C@@H](N)C(=O)Nc1cccc2cn[nH]c12. The molecule has 84 valence electrons. The number of nitrogens with one attached hydrogen (secondary N) is 2. The van der Waals surface area contributed by atoms with Crippen LogP contribution in [0.2, 0.25) is 0 Å². The summed E-state index contributed by atoms with van der Waals surface area (Å²) >= 11 is 0. The van der Waals surface area contributed by atoms with Crippen molar-refractivity contribution in [1.82, 2.24) is 10.2 Å². The number of para-hydroxylation sites is 1. The van der Waals surface area contributed by atoms with Crippen molar-refractivity contribution < 1.29 is 4.79 Å². The van der Waals surface area contributed by atoms with Crippen LogP contribution >= 0.6 is 0 Å². The van der Waals surface area contributed by atoms with E-state index in [1.165, 1.54) is 0 Å². The third kappa shape index (κ3) is 1.90. The van der Waals surface area contributed by atoms with Crippen LogP contribution in [0.5, 0.6) is 0 Å². The van der Waals surface area contributed by atoms with Crippen molar-refractivity contribution in [2.75, 3.05) is 5.32 Å². The molecule has 0 spiro atoms. The fourth-order valence-corrected chi connectivity index (χ4v) is 1.48. The number of benzene rings is 1. The maximum Gasteiger partial charge on any atom is 0.241 e. The summed E-state index contributed by atoms with van der Waals surface area (Å²) in [5.41, 5.74) is 7.18. The van der Waals surface area contributed by atoms with E-state index >= 15 is 0 Å². The van der Waals surface area contributed by atoms with E-state index in [1.807, 2.05) is 25.1 Å². The molecule has 1 aromatic heterocycles. The molecule has 0 bridgehead atoms. The van der Waals surface area contributed by atoms with Crippen LogP contribution < -0.4 is 11.1 Å². The number of amides is 1. The topological polar surface area (TPSA) is 83.8 Å². The lowest BCUT2D eigenvalue weighted by atomic mass is 10.2. The van der Waals surface area contributed by atoms with E-state index in [-0.39, 0.29) is 5.91 Å². The molecule has 5 nitrogen and oxygen atoms in total. The number of hydrogen-bond acceptors (Lipinski definition) is 3. The van der Waals surface area contributed by atoms with Crippen LogP contribution in [0, 0.1) is 0 Å². The molecule has 16 heavy (non-hydrogen) atoms. The van der Waals surface area contributed by atoms with Gasteiger partial charge in [0.2, 0.25) is 5.91 Å². The smallest absolute Gasteiger partial charge is 0.241 e. The Labute approximate surface area is 93.0 Å². The van der Waals surface area contributed by atoms with Crippen molar-refractivity contribution in [3.63, 3.8) is 0 Å². The molecule has 1 aromatic carbocycles. The van der Waals surface area contributed by atoms with Gasteiger partial charge in [-0.2, -0.15) is 5.10 Å². The van der Waals surface area contributed by atoms with E-state index in [1.54, 1.807) is 6.20 Å². The van der Waals surface area contributed by atoms with Gasteiger partial charge in [-0.05, 0) is 12.5 Å². The van der Waals surface area contributed by atoms with E-state index in [9.17, 15) is 4.79 Å². The predicted octanol–water partition coefficient (Wildman–Crippen LogP) is 1.24. The molecule has 0 saturated carbocycles. The van der Waals surface area contributed by atoms with E-state index in [2.05, 4.69) is 15.5 Å². The van der Waals surface area contributed by atoms with Gasteiger partial charge in [0.25, 0.3) is 0 Å². The summed E-state index contributed by atoms with van der Waals surface area (Å²) in [5.74, 6) is -0.176. The minimum atomic E-state index is -0.474. The Morgan fingerprint density at radius 1 is 1.62 bits per heavy atom. The summed E-state index contributed by atoms with van der Waals surface area (Å²) in [6.45, 7) is 1.88. The number of nitrogens with zero attached hydrogens (tertiary/aromatic N) is 1. The highest BCUT2D eigenvalue weighted by atomic mass is 16.2. The van der Waals surface area contributed by atoms with Crippen molar-refractivity contribution in [3.8, 4) is 0 Å². The predicted molar refractivity (Wildman–Crippen MR) is 63.0 cm³/mol. The molecule has 2 rings (SSSR count). The van der Waals surface area contributed by atoms with Gasteiger partial charge in [0, 0.05) is 5.39 Å². The van der Waals surface area contributed by atoms with E-state index < -0.39 is 6.04 Å². The number of hydrogen-bond donors (Lipinski definition) is 3. The second kappa shape index (κ2) is 4.32. The fraction of sp³-hybridized carbons (Fsp3) is 0.273. The monoisotopic (exact) mass is 218 g/mol. The number of carbonyl (C=O) groups is 1. The van der Waals surface area contributed by atoms with Crippen molar-refractivity contribution in [3.05, 3.63) is 24.4 Å². The first-order chi connectivity index (χ1) is 7.72. The minimum Gasteiger partial charge on any atom is -0.323 e. The summed E-state index contributed by atoms with van der Waals surface area (Å²) in [7, 11) is 0. The quantitative estimate of drug-likeness (QED) is 0.724. The van der Waals surface area contributed by atoms with Crippen LogP contribution in [-0.2, 0) is 4.79 Å². The summed E-state index contributed by atoms with van der Waals surface area (Å²) in [6, 6.07) is 5.14. The molecule has 0 saturated heterocycles. The number of aromatic amines is 1. The van der Waals surface area contributed by atoms with Gasteiger partial charge in [0.15, 0.2) is 0 Å². The first-order valence-electron chi connectivity index (χ1n) is 5.21. The summed E-state index contributed by atoms with van der Waals surface area (Å²) in [6.07, 6.45) is 2.33. The molecule has 0 fully saturated rings. The van der Waals surface area contributed by atoms with Gasteiger partial charge >= 0.3 is 0 Å². The molecule has 1 heterocycles. The molecule has 1 amide bonds. The zero-order valence-corrected chi connectivity index (χ0v) is 9.03. The highest BCUT2D eigenvalue weighted by Crippen LogP contribution is 2.20. The average molecular weight is 218 g/mol. The first kappa shape index (κ1) is 10.6. The summed E-state index contributed by atoms with van der Waals surface area (Å²) < 4.78 is 0. The molecular weight excluding hydrogens is 204 g/mol. The van der Waals surface area contributed by atoms with Gasteiger partial charge in [-0.25, -0.2) is 0 Å². The van der Waals surface area contributed by atoms with Crippen LogP contribution in [0.15, 0.2) is 24.4 Å². The minimum absolute atomic E-state index is 0.176. The third-order valence-corrected chi connectivity index (χ3v) is 2.51. The zero-order valence-electron chi connectivity index (χ0n) is 9.03. The van der Waals surface area contributed by atoms with E-state index in [4.69, 9.17) is 5.73 Å². The molecule has 2 aromatic rings. The Balaban J connectivity index is 2.27. The summed E-state index contributed by atoms with van der Waals surface area (Å²) in [5, 5.41) is 10.5. The highest BCUT2D eigenvalue weighted by Gasteiger charge is 2.12. The van der Waals surface area contributed by atoms with Crippen LogP contribution in [0.25, 0.3) is 10.9 Å². The second-order valence-corrected chi connectivity index (χ2v) is 3.64. The third-order valence-electron chi connectivity index (χ3n) is 2.51. The number of H-pyrrole nitrogens is 1. The Hall–Kier alpha value is -1.88. The van der Waals surface area contributed by atoms with Crippen LogP contribution in [0.1, 0.15) is 13.3 Å². The van der Waals surface area contributed by atoms with E-state index in [0.717, 1.165) is 10.9 Å². The Bertz CT molecular complexity index is 505. The van der Waals surface area contributed by atoms with Crippen molar-refractivity contribution >= 4 is 22.5 Å². The number of aromatic nitrogens is 2. The van der Waals surface area contributed by atoms with Gasteiger partial charge in [0.05, 0.1) is 23.4 Å². The first-order valence-corrected chi connectivity index (χ1v) is 5.21. The normalized spacial score (nSPS) is 12.6. The number of fused-ring (bicyclic) bond motifs is 1. The number of carbonyl (C=O) groups excluding carboxylic acids is 1. The maximum absolute atomic E-state index is 11.6. The van der Waals surface area contributed by atoms with Gasteiger partial charge < -0.3 is 11.1 Å². The van der Waals surface area contributed by atoms with Gasteiger partial charge in [0.1, 0.15) is 0 Å². The molecule has 0 radical (unpaired) electrons. The Morgan fingerprint density at radius 2 is 2.44 bits per heavy atom. The summed E-state index contributed by atoms with van der Waals surface area (Å²) in [4.78, 5) is 11.6. The van der Waals surface area contributed by atoms with Crippen molar-refractivity contribution in [2.45, 2.75) is 19.4 Å². The lowest BCUT2D eigenvalue weighted by Gasteiger charge is -2.10. The van der Waals surface area contributed by atoms with Crippen molar-refractivity contribution in [2.24, 2.45) is 5.73 Å². The average Bonchev–Trinajstić information content (AvgIpc) is 2.77. The fourth-order valence-electron chi connectivity index (χ4n) is 1.48. The lowest BCUT2D eigenvalue weighted by Crippen LogP contribution is -2.34. The Kier molecular flexibility index (Phi) is 2.87. The lowest BCUT2D eigenvalue weighted by molar-refractivity contribution is -0.117. The molecule has 0 aliphatic heterocycles. The maximum atomic E-state index is 11.6. The van der Waals surface area contributed by atoms with Gasteiger partial charge in [-0.1, -0.05) is 19.1 Å². The van der Waals surface area contributed by atoms with Gasteiger partial charge in [-0.3, -0.25) is 9.89 Å². The molecule has 4 N–H and O–H groups in total. The van der Waals surface area contributed by atoms with Crippen LogP contribution in [0.3, 0.4) is 0 Å². The number of nitrogens with two attached hydrogens (primary N) is 1. The molecule has 0 aliphatic rings. The molecular formula is C11H14N4O. The molecule has 0 unspecified atom stereocenters. The second-order valence-electron chi connectivity index (χ2n) is 3.64. The number of rotatable bonds is 3. The van der Waals surface area contributed by atoms with Crippen molar-refractivity contribution in [1.29, 1.82) is 0 Å². The molecule has 0 aliphatic carbocycles. The number of anilines is 1.